The highest BCUT2D eigenvalue weighted by Crippen LogP contribution is 2.40. The van der Waals surface area contributed by atoms with E-state index >= 15 is 0 Å². The van der Waals surface area contributed by atoms with E-state index in [-0.39, 0.29) is 0 Å². The van der Waals surface area contributed by atoms with Crippen LogP contribution in [0.5, 0.6) is 0 Å². The van der Waals surface area contributed by atoms with E-state index in [2.05, 4.69) is 66.2 Å². The topological polar surface area (TPSA) is 4.93 Å². The molecule has 0 fully saturated rings. The van der Waals surface area contributed by atoms with Gasteiger partial charge < -0.3 is 4.57 Å². The number of hydrogen-bond acceptors (Lipinski definition) is 0. The molecule has 0 aliphatic heterocycles. The van der Waals surface area contributed by atoms with Crippen LogP contribution in [-0.2, 0) is 7.05 Å². The standard InChI is InChI=1S/C21H16ClN/c1-23-19-13-6-5-12-18(19)20(15-8-3-2-4-9-15)21(23)16-10-7-11-17(22)14-16/h2-14H,1H3. The Bertz CT molecular complexity index is 983. The number of fused-ring (bicyclic) bond motifs is 1. The van der Waals surface area contributed by atoms with Crippen LogP contribution in [0.1, 0.15) is 0 Å². The fraction of sp³-hybridized carbons (Fsp3) is 0.0476. The van der Waals surface area contributed by atoms with E-state index in [1.807, 2.05) is 24.3 Å². The third kappa shape index (κ3) is 2.34. The molecule has 1 heterocycles. The zero-order valence-electron chi connectivity index (χ0n) is 12.8. The van der Waals surface area contributed by atoms with E-state index in [4.69, 9.17) is 11.6 Å². The van der Waals surface area contributed by atoms with Gasteiger partial charge in [-0.2, -0.15) is 0 Å². The number of nitrogens with zero attached hydrogens (tertiary/aromatic N) is 1. The molecule has 0 N–H and O–H groups in total. The van der Waals surface area contributed by atoms with Crippen molar-refractivity contribution in [1.82, 2.24) is 4.57 Å². The molecule has 2 heteroatoms. The van der Waals surface area contributed by atoms with Gasteiger partial charge in [-0.25, -0.2) is 0 Å². The Morgan fingerprint density at radius 1 is 0.739 bits per heavy atom. The van der Waals surface area contributed by atoms with E-state index < -0.39 is 0 Å². The number of rotatable bonds is 2. The second-order valence-electron chi connectivity index (χ2n) is 5.68. The Morgan fingerprint density at radius 3 is 2.22 bits per heavy atom. The predicted octanol–water partition coefficient (Wildman–Crippen LogP) is 6.17. The molecule has 0 spiro atoms. The maximum absolute atomic E-state index is 6.23. The summed E-state index contributed by atoms with van der Waals surface area (Å²) in [4.78, 5) is 0. The molecule has 3 aromatic carbocycles. The van der Waals surface area contributed by atoms with E-state index in [1.165, 1.54) is 27.7 Å². The Kier molecular flexibility index (Phi) is 3.44. The third-order valence-corrected chi connectivity index (χ3v) is 4.50. The molecular weight excluding hydrogens is 302 g/mol. The molecule has 0 saturated carbocycles. The van der Waals surface area contributed by atoms with E-state index in [1.54, 1.807) is 0 Å². The Hall–Kier alpha value is -2.51. The Morgan fingerprint density at radius 2 is 1.43 bits per heavy atom. The number of para-hydroxylation sites is 1. The first-order chi connectivity index (χ1) is 11.3. The first-order valence-electron chi connectivity index (χ1n) is 7.64. The number of aryl methyl sites for hydroxylation is 1. The SMILES string of the molecule is Cn1c(-c2cccc(Cl)c2)c(-c2ccccc2)c2ccccc21. The summed E-state index contributed by atoms with van der Waals surface area (Å²) in [6, 6.07) is 27.1. The monoisotopic (exact) mass is 317 g/mol. The molecule has 0 amide bonds. The normalized spacial score (nSPS) is 11.0. The molecule has 1 aromatic heterocycles. The number of halogens is 1. The van der Waals surface area contributed by atoms with Crippen molar-refractivity contribution in [3.05, 3.63) is 83.9 Å². The summed E-state index contributed by atoms with van der Waals surface area (Å²) in [5, 5.41) is 2.02. The average Bonchev–Trinajstić information content (AvgIpc) is 2.89. The molecule has 112 valence electrons. The van der Waals surface area contributed by atoms with Crippen LogP contribution < -0.4 is 0 Å². The van der Waals surface area contributed by atoms with Crippen LogP contribution in [0.2, 0.25) is 5.02 Å². The van der Waals surface area contributed by atoms with Crippen molar-refractivity contribution >= 4 is 22.5 Å². The van der Waals surface area contributed by atoms with Gasteiger partial charge in [0.05, 0.1) is 5.69 Å². The van der Waals surface area contributed by atoms with Gasteiger partial charge in [-0.1, -0.05) is 72.3 Å². The van der Waals surface area contributed by atoms with E-state index in [9.17, 15) is 0 Å². The van der Waals surface area contributed by atoms with E-state index in [0.29, 0.717) is 0 Å². The fourth-order valence-corrected chi connectivity index (χ4v) is 3.45. The molecule has 0 saturated heterocycles. The summed E-state index contributed by atoms with van der Waals surface area (Å²) < 4.78 is 2.25. The van der Waals surface area contributed by atoms with Crippen LogP contribution in [0.3, 0.4) is 0 Å². The molecule has 4 rings (SSSR count). The summed E-state index contributed by atoms with van der Waals surface area (Å²) in [6.07, 6.45) is 0. The van der Waals surface area contributed by atoms with Gasteiger partial charge in [-0.15, -0.1) is 0 Å². The minimum absolute atomic E-state index is 0.756. The zero-order chi connectivity index (χ0) is 15.8. The molecule has 0 aliphatic rings. The summed E-state index contributed by atoms with van der Waals surface area (Å²) in [7, 11) is 2.12. The lowest BCUT2D eigenvalue weighted by Gasteiger charge is -2.09. The molecule has 0 atom stereocenters. The zero-order valence-corrected chi connectivity index (χ0v) is 13.6. The predicted molar refractivity (Wildman–Crippen MR) is 98.8 cm³/mol. The summed E-state index contributed by atoms with van der Waals surface area (Å²) in [5.41, 5.74) is 6.03. The van der Waals surface area contributed by atoms with Gasteiger partial charge in [0.1, 0.15) is 0 Å². The van der Waals surface area contributed by atoms with Crippen molar-refractivity contribution < 1.29 is 0 Å². The van der Waals surface area contributed by atoms with Gasteiger partial charge in [-0.05, 0) is 23.8 Å². The molecule has 0 radical (unpaired) electrons. The fourth-order valence-electron chi connectivity index (χ4n) is 3.26. The Balaban J connectivity index is 2.13. The third-order valence-electron chi connectivity index (χ3n) is 4.27. The van der Waals surface area contributed by atoms with Gasteiger partial charge >= 0.3 is 0 Å². The maximum atomic E-state index is 6.23. The second kappa shape index (κ2) is 5.60. The minimum Gasteiger partial charge on any atom is -0.343 e. The van der Waals surface area contributed by atoms with Crippen molar-refractivity contribution in [2.75, 3.05) is 0 Å². The van der Waals surface area contributed by atoms with Crippen LogP contribution in [0.15, 0.2) is 78.9 Å². The average molecular weight is 318 g/mol. The summed E-state index contributed by atoms with van der Waals surface area (Å²) in [5.74, 6) is 0. The molecule has 23 heavy (non-hydrogen) atoms. The highest BCUT2D eigenvalue weighted by molar-refractivity contribution is 6.30. The molecule has 0 bridgehead atoms. The van der Waals surface area contributed by atoms with Gasteiger partial charge in [-0.3, -0.25) is 0 Å². The van der Waals surface area contributed by atoms with Crippen LogP contribution in [-0.4, -0.2) is 4.57 Å². The molecule has 4 aromatic rings. The summed E-state index contributed by atoms with van der Waals surface area (Å²) in [6.45, 7) is 0. The van der Waals surface area contributed by atoms with Crippen LogP contribution >= 0.6 is 11.6 Å². The molecular formula is C21H16ClN. The smallest absolute Gasteiger partial charge is 0.0568 e. The van der Waals surface area contributed by atoms with Gasteiger partial charge in [0.15, 0.2) is 0 Å². The van der Waals surface area contributed by atoms with E-state index in [0.717, 1.165) is 10.6 Å². The molecule has 0 unspecified atom stereocenters. The van der Waals surface area contributed by atoms with Crippen molar-refractivity contribution in [2.45, 2.75) is 0 Å². The van der Waals surface area contributed by atoms with Crippen LogP contribution in [0.25, 0.3) is 33.3 Å². The lowest BCUT2D eigenvalue weighted by Crippen LogP contribution is -1.92. The van der Waals surface area contributed by atoms with Crippen LogP contribution in [0.4, 0.5) is 0 Å². The van der Waals surface area contributed by atoms with Gasteiger partial charge in [0, 0.05) is 34.1 Å². The largest absolute Gasteiger partial charge is 0.343 e. The number of aromatic nitrogens is 1. The quantitative estimate of drug-likeness (QED) is 0.417. The Labute approximate surface area is 140 Å². The first-order valence-corrected chi connectivity index (χ1v) is 8.02. The molecule has 1 nitrogen and oxygen atoms in total. The maximum Gasteiger partial charge on any atom is 0.0568 e. The van der Waals surface area contributed by atoms with Crippen molar-refractivity contribution in [3.8, 4) is 22.4 Å². The highest BCUT2D eigenvalue weighted by Gasteiger charge is 2.17. The lowest BCUT2D eigenvalue weighted by molar-refractivity contribution is 0.979. The lowest BCUT2D eigenvalue weighted by atomic mass is 9.98. The number of benzene rings is 3. The highest BCUT2D eigenvalue weighted by atomic mass is 35.5. The van der Waals surface area contributed by atoms with Crippen molar-refractivity contribution in [1.29, 1.82) is 0 Å². The first kappa shape index (κ1) is 14.1. The van der Waals surface area contributed by atoms with Crippen molar-refractivity contribution in [2.24, 2.45) is 7.05 Å². The van der Waals surface area contributed by atoms with Crippen LogP contribution in [0, 0.1) is 0 Å². The number of hydrogen-bond donors (Lipinski definition) is 0. The van der Waals surface area contributed by atoms with Gasteiger partial charge in [0.25, 0.3) is 0 Å². The summed E-state index contributed by atoms with van der Waals surface area (Å²) >= 11 is 6.23. The second-order valence-corrected chi connectivity index (χ2v) is 6.11. The van der Waals surface area contributed by atoms with Gasteiger partial charge in [0.2, 0.25) is 0 Å². The van der Waals surface area contributed by atoms with Crippen molar-refractivity contribution in [3.63, 3.8) is 0 Å². The molecule has 0 aliphatic carbocycles. The minimum atomic E-state index is 0.756.